The van der Waals surface area contributed by atoms with E-state index in [2.05, 4.69) is 34.7 Å². The van der Waals surface area contributed by atoms with Gasteiger partial charge < -0.3 is 20.3 Å². The Labute approximate surface area is 206 Å². The maximum absolute atomic E-state index is 12.6. The van der Waals surface area contributed by atoms with Gasteiger partial charge in [0.25, 0.3) is 0 Å². The van der Waals surface area contributed by atoms with E-state index in [1.54, 1.807) is 0 Å². The first-order valence-electron chi connectivity index (χ1n) is 13.3. The number of fused-ring (bicyclic) bond motifs is 2. The number of benzene rings is 1. The SMILES string of the molecule is CN1CC[C@@]23CCCC[C@@H]2C1Cc1ccc(OC(=O)CCCCC2SCC4NC(=O)NC42)cc13. The van der Waals surface area contributed by atoms with Gasteiger partial charge in [-0.2, -0.15) is 11.8 Å². The lowest BCUT2D eigenvalue weighted by Crippen LogP contribution is -2.59. The standard InChI is InChI=1S/C27H37N3O3S/c1-30-13-12-27-11-5-4-6-19(27)22(30)14-17-9-10-18(15-20(17)27)33-24(31)8-3-2-7-23-25-21(16-34-23)28-26(32)29-25/h9-10,15,19,21-23,25H,2-8,11-14,16H2,1H3,(H2,28,29,32)/t19-,21?,22?,23?,25?,27+/m1/s1. The van der Waals surface area contributed by atoms with Crippen LogP contribution in [-0.2, 0) is 16.6 Å². The molecule has 7 heteroatoms. The van der Waals surface area contributed by atoms with Gasteiger partial charge in [-0.1, -0.05) is 25.3 Å². The molecule has 3 heterocycles. The number of piperidine rings is 1. The minimum atomic E-state index is -0.123. The summed E-state index contributed by atoms with van der Waals surface area (Å²) in [5, 5.41) is 6.48. The molecular weight excluding hydrogens is 446 g/mol. The number of urea groups is 1. The van der Waals surface area contributed by atoms with Gasteiger partial charge in [-0.15, -0.1) is 0 Å². The predicted molar refractivity (Wildman–Crippen MR) is 134 cm³/mol. The lowest BCUT2D eigenvalue weighted by molar-refractivity contribution is -0.134. The topological polar surface area (TPSA) is 70.7 Å². The second-order valence-corrected chi connectivity index (χ2v) is 12.4. The smallest absolute Gasteiger partial charge is 0.315 e. The molecule has 1 aromatic carbocycles. The molecule has 0 spiro atoms. The predicted octanol–water partition coefficient (Wildman–Crippen LogP) is 4.01. The summed E-state index contributed by atoms with van der Waals surface area (Å²) in [7, 11) is 2.30. The molecular formula is C27H37N3O3S. The van der Waals surface area contributed by atoms with Gasteiger partial charge in [0, 0.05) is 28.9 Å². The highest BCUT2D eigenvalue weighted by Gasteiger charge is 2.53. The van der Waals surface area contributed by atoms with Crippen molar-refractivity contribution in [3.8, 4) is 5.75 Å². The molecule has 5 aliphatic rings. The minimum Gasteiger partial charge on any atom is -0.427 e. The Morgan fingerprint density at radius 2 is 2.15 bits per heavy atom. The molecule has 3 saturated heterocycles. The van der Waals surface area contributed by atoms with Crippen molar-refractivity contribution >= 4 is 23.8 Å². The molecule has 4 fully saturated rings. The molecule has 184 valence electrons. The molecule has 6 rings (SSSR count). The zero-order valence-corrected chi connectivity index (χ0v) is 21.0. The Morgan fingerprint density at radius 3 is 3.06 bits per heavy atom. The Bertz CT molecular complexity index is 970. The van der Waals surface area contributed by atoms with Crippen molar-refractivity contribution in [1.29, 1.82) is 0 Å². The summed E-state index contributed by atoms with van der Waals surface area (Å²) in [5.74, 6) is 2.33. The van der Waals surface area contributed by atoms with E-state index in [-0.39, 0.29) is 29.5 Å². The van der Waals surface area contributed by atoms with Crippen LogP contribution < -0.4 is 15.4 Å². The van der Waals surface area contributed by atoms with Gasteiger partial charge in [0.05, 0.1) is 12.1 Å². The molecule has 0 aromatic heterocycles. The van der Waals surface area contributed by atoms with Crippen LogP contribution in [0.4, 0.5) is 4.79 Å². The van der Waals surface area contributed by atoms with Gasteiger partial charge in [-0.25, -0.2) is 4.79 Å². The average molecular weight is 484 g/mol. The monoisotopic (exact) mass is 483 g/mol. The number of likely N-dealkylation sites (N-methyl/N-ethyl adjacent to an activating group) is 1. The first-order valence-corrected chi connectivity index (χ1v) is 14.3. The average Bonchev–Trinajstić information content (AvgIpc) is 3.38. The van der Waals surface area contributed by atoms with E-state index in [0.29, 0.717) is 17.7 Å². The number of carbonyl (C=O) groups excluding carboxylic acids is 2. The summed E-state index contributed by atoms with van der Waals surface area (Å²) in [4.78, 5) is 26.8. The van der Waals surface area contributed by atoms with Crippen LogP contribution in [0.2, 0.25) is 0 Å². The minimum absolute atomic E-state index is 0.0382. The first kappa shape index (κ1) is 22.7. The summed E-state index contributed by atoms with van der Waals surface area (Å²) in [6, 6.07) is 7.59. The number of esters is 1. The van der Waals surface area contributed by atoms with Crippen LogP contribution in [0, 0.1) is 5.92 Å². The number of nitrogens with one attached hydrogen (secondary N) is 2. The molecule has 4 unspecified atom stereocenters. The van der Waals surface area contributed by atoms with Crippen molar-refractivity contribution < 1.29 is 14.3 Å². The molecule has 34 heavy (non-hydrogen) atoms. The van der Waals surface area contributed by atoms with E-state index in [0.717, 1.165) is 43.1 Å². The highest BCUT2D eigenvalue weighted by Crippen LogP contribution is 2.56. The highest BCUT2D eigenvalue weighted by atomic mass is 32.2. The third kappa shape index (κ3) is 3.93. The van der Waals surface area contributed by atoms with E-state index in [9.17, 15) is 9.59 Å². The zero-order chi connectivity index (χ0) is 23.3. The van der Waals surface area contributed by atoms with Crippen LogP contribution in [0.25, 0.3) is 0 Å². The third-order valence-electron chi connectivity index (χ3n) is 9.38. The molecule has 6 nitrogen and oxygen atoms in total. The van der Waals surface area contributed by atoms with Crippen LogP contribution in [-0.4, -0.2) is 59.6 Å². The molecule has 2 bridgehead atoms. The number of hydrogen-bond acceptors (Lipinski definition) is 5. The number of hydrogen-bond donors (Lipinski definition) is 2. The molecule has 2 amide bonds. The van der Waals surface area contributed by atoms with Crippen molar-refractivity contribution in [3.05, 3.63) is 29.3 Å². The van der Waals surface area contributed by atoms with Gasteiger partial charge in [0.2, 0.25) is 0 Å². The maximum Gasteiger partial charge on any atom is 0.315 e. The molecule has 2 aliphatic carbocycles. The van der Waals surface area contributed by atoms with Crippen molar-refractivity contribution in [1.82, 2.24) is 15.5 Å². The second kappa shape index (κ2) is 9.05. The number of carbonyl (C=O) groups is 2. The Balaban J connectivity index is 1.06. The molecule has 3 aliphatic heterocycles. The van der Waals surface area contributed by atoms with Crippen molar-refractivity contribution in [2.24, 2.45) is 5.92 Å². The van der Waals surface area contributed by atoms with E-state index in [1.165, 1.54) is 49.8 Å². The van der Waals surface area contributed by atoms with Gasteiger partial charge in [0.15, 0.2) is 0 Å². The molecule has 6 atom stereocenters. The van der Waals surface area contributed by atoms with Crippen molar-refractivity contribution in [2.45, 2.75) is 93.0 Å². The number of likely N-dealkylation sites (tertiary alicyclic amines) is 1. The first-order chi connectivity index (χ1) is 16.5. The van der Waals surface area contributed by atoms with Crippen LogP contribution in [0.5, 0.6) is 5.75 Å². The summed E-state index contributed by atoms with van der Waals surface area (Å²) >= 11 is 1.93. The van der Waals surface area contributed by atoms with Gasteiger partial charge in [-0.3, -0.25) is 4.79 Å². The van der Waals surface area contributed by atoms with E-state index < -0.39 is 0 Å². The number of unbranched alkanes of at least 4 members (excludes halogenated alkanes) is 1. The quantitative estimate of drug-likeness (QED) is 0.277. The Kier molecular flexibility index (Phi) is 6.05. The van der Waals surface area contributed by atoms with E-state index >= 15 is 0 Å². The highest BCUT2D eigenvalue weighted by molar-refractivity contribution is 8.00. The Morgan fingerprint density at radius 1 is 1.24 bits per heavy atom. The van der Waals surface area contributed by atoms with Crippen molar-refractivity contribution in [2.75, 3.05) is 19.3 Å². The van der Waals surface area contributed by atoms with Crippen LogP contribution in [0.1, 0.15) is 68.9 Å². The number of thioether (sulfide) groups is 1. The van der Waals surface area contributed by atoms with Crippen LogP contribution >= 0.6 is 11.8 Å². The fourth-order valence-corrected chi connectivity index (χ4v) is 9.22. The molecule has 1 aromatic rings. The van der Waals surface area contributed by atoms with E-state index in [1.807, 2.05) is 17.8 Å². The van der Waals surface area contributed by atoms with Gasteiger partial charge in [-0.05, 0) is 81.3 Å². The molecule has 1 saturated carbocycles. The second-order valence-electron chi connectivity index (χ2n) is 11.2. The fraction of sp³-hybridized carbons (Fsp3) is 0.704. The number of ether oxygens (including phenoxy) is 1. The number of nitrogens with zero attached hydrogens (tertiary/aromatic N) is 1. The lowest BCUT2D eigenvalue weighted by Gasteiger charge is -2.58. The van der Waals surface area contributed by atoms with E-state index in [4.69, 9.17) is 4.74 Å². The third-order valence-corrected chi connectivity index (χ3v) is 10.9. The molecule has 2 N–H and O–H groups in total. The van der Waals surface area contributed by atoms with Crippen LogP contribution in [0.15, 0.2) is 18.2 Å². The van der Waals surface area contributed by atoms with Crippen molar-refractivity contribution in [3.63, 3.8) is 0 Å². The summed E-state index contributed by atoms with van der Waals surface area (Å²) in [6.45, 7) is 1.17. The largest absolute Gasteiger partial charge is 0.427 e. The summed E-state index contributed by atoms with van der Waals surface area (Å²) < 4.78 is 5.85. The lowest BCUT2D eigenvalue weighted by atomic mass is 9.52. The normalized spacial score (nSPS) is 36.1. The maximum atomic E-state index is 12.6. The number of amides is 2. The zero-order valence-electron chi connectivity index (χ0n) is 20.2. The molecule has 0 radical (unpaired) electrons. The summed E-state index contributed by atoms with van der Waals surface area (Å²) in [5.41, 5.74) is 3.23. The Hall–Kier alpha value is -1.73. The van der Waals surface area contributed by atoms with Gasteiger partial charge in [0.1, 0.15) is 5.75 Å². The van der Waals surface area contributed by atoms with Gasteiger partial charge >= 0.3 is 12.0 Å². The summed E-state index contributed by atoms with van der Waals surface area (Å²) in [6.07, 6.45) is 10.9. The number of rotatable bonds is 6. The fourth-order valence-electron chi connectivity index (χ4n) is 7.68. The van der Waals surface area contributed by atoms with Crippen LogP contribution in [0.3, 0.4) is 0 Å².